The molecule has 6 nitrogen and oxygen atoms in total. The van der Waals surface area contributed by atoms with E-state index in [4.69, 9.17) is 10.5 Å². The Kier molecular flexibility index (Phi) is 7.53. The van der Waals surface area contributed by atoms with Crippen LogP contribution in [0.25, 0.3) is 0 Å². The maximum absolute atomic E-state index is 13.3. The highest BCUT2D eigenvalue weighted by Gasteiger charge is 2.36. The molecule has 2 aromatic carbocycles. The third kappa shape index (κ3) is 7.31. The predicted octanol–water partition coefficient (Wildman–Crippen LogP) is 4.51. The van der Waals surface area contributed by atoms with Crippen LogP contribution in [0.5, 0.6) is 5.75 Å². The summed E-state index contributed by atoms with van der Waals surface area (Å²) in [6, 6.07) is 8.41. The van der Waals surface area contributed by atoms with Crippen molar-refractivity contribution in [3.8, 4) is 11.8 Å². The number of nitrogens with two attached hydrogens (primary N) is 1. The monoisotopic (exact) mass is 491 g/mol. The average Bonchev–Trinajstić information content (AvgIpc) is 2.70. The van der Waals surface area contributed by atoms with Crippen LogP contribution in [0, 0.1) is 11.3 Å². The first-order valence-electron chi connectivity index (χ1n) is 8.87. The van der Waals surface area contributed by atoms with Gasteiger partial charge in [0.2, 0.25) is 5.91 Å². The van der Waals surface area contributed by atoms with E-state index < -0.39 is 52.5 Å². The van der Waals surface area contributed by atoms with Crippen LogP contribution in [0.3, 0.4) is 0 Å². The molecule has 0 bridgehead atoms. The highest BCUT2D eigenvalue weighted by Crippen LogP contribution is 2.38. The van der Waals surface area contributed by atoms with E-state index in [9.17, 15) is 41.2 Å². The highest BCUT2D eigenvalue weighted by atomic mass is 32.2. The van der Waals surface area contributed by atoms with Gasteiger partial charge in [0.25, 0.3) is 5.91 Å². The number of nitrogens with zero attached hydrogens (tertiary/aromatic N) is 1. The molecule has 0 aliphatic rings. The molecular weight excluding hydrogens is 476 g/mol. The zero-order valence-electron chi connectivity index (χ0n) is 16.7. The summed E-state index contributed by atoms with van der Waals surface area (Å²) in [5.74, 6) is -2.64. The van der Waals surface area contributed by atoms with Crippen LogP contribution in [0.1, 0.15) is 33.2 Å². The number of thioether (sulfide) groups is 1. The third-order valence-electron chi connectivity index (χ3n) is 4.07. The molecule has 0 saturated heterocycles. The van der Waals surface area contributed by atoms with Gasteiger partial charge in [-0.25, -0.2) is 0 Å². The minimum Gasteiger partial charge on any atom is -0.489 e. The number of nitriles is 1. The number of halogens is 6. The summed E-state index contributed by atoms with van der Waals surface area (Å²) in [6.45, 7) is 0.472. The Morgan fingerprint density at radius 3 is 2.12 bits per heavy atom. The molecule has 176 valence electrons. The first kappa shape index (κ1) is 25.9. The number of alkyl halides is 6. The Morgan fingerprint density at radius 1 is 1.06 bits per heavy atom. The van der Waals surface area contributed by atoms with Crippen molar-refractivity contribution in [2.45, 2.75) is 29.0 Å². The second-order valence-corrected chi connectivity index (χ2v) is 7.97. The van der Waals surface area contributed by atoms with Gasteiger partial charge in [-0.05, 0) is 61.2 Å². The summed E-state index contributed by atoms with van der Waals surface area (Å²) in [5, 5.41) is 11.7. The summed E-state index contributed by atoms with van der Waals surface area (Å²) in [4.78, 5) is 23.4. The van der Waals surface area contributed by atoms with Gasteiger partial charge in [-0.2, -0.15) is 31.6 Å². The normalized spacial score (nSPS) is 13.5. The quantitative estimate of drug-likeness (QED) is 0.438. The Bertz CT molecular complexity index is 1080. The molecule has 0 spiro atoms. The van der Waals surface area contributed by atoms with Crippen LogP contribution < -0.4 is 15.8 Å². The van der Waals surface area contributed by atoms with E-state index in [1.54, 1.807) is 6.07 Å². The number of rotatable bonds is 7. The number of ether oxygens (including phenoxy) is 1. The van der Waals surface area contributed by atoms with Gasteiger partial charge in [0.05, 0.1) is 11.6 Å². The first-order valence-corrected chi connectivity index (χ1v) is 9.68. The van der Waals surface area contributed by atoms with Crippen molar-refractivity contribution in [1.29, 1.82) is 5.26 Å². The van der Waals surface area contributed by atoms with E-state index in [-0.39, 0.29) is 22.2 Å². The Balaban J connectivity index is 2.16. The third-order valence-corrected chi connectivity index (χ3v) is 4.81. The zero-order chi connectivity index (χ0) is 25.0. The lowest BCUT2D eigenvalue weighted by atomic mass is 10.0. The molecule has 1 unspecified atom stereocenters. The first-order chi connectivity index (χ1) is 15.1. The van der Waals surface area contributed by atoms with Crippen LogP contribution >= 0.6 is 11.8 Å². The number of benzene rings is 2. The van der Waals surface area contributed by atoms with Gasteiger partial charge < -0.3 is 15.8 Å². The molecule has 0 saturated carbocycles. The molecular formula is C20H15F6N3O3S. The lowest BCUT2D eigenvalue weighted by Crippen LogP contribution is -2.49. The maximum Gasteiger partial charge on any atom is 0.446 e. The van der Waals surface area contributed by atoms with Gasteiger partial charge in [0, 0.05) is 16.0 Å². The highest BCUT2D eigenvalue weighted by molar-refractivity contribution is 8.00. The van der Waals surface area contributed by atoms with Crippen molar-refractivity contribution < 1.29 is 40.7 Å². The number of amides is 2. The smallest absolute Gasteiger partial charge is 0.446 e. The van der Waals surface area contributed by atoms with Gasteiger partial charge in [-0.15, -0.1) is 0 Å². The van der Waals surface area contributed by atoms with Crippen molar-refractivity contribution in [3.63, 3.8) is 0 Å². The number of carbonyl (C=O) groups is 2. The minimum absolute atomic E-state index is 0.0789. The Hall–Kier alpha value is -3.40. The fraction of sp³-hybridized carbons (Fsp3) is 0.250. The molecule has 1 atom stereocenters. The zero-order valence-corrected chi connectivity index (χ0v) is 17.5. The molecule has 0 radical (unpaired) electrons. The SMILES string of the molecule is CC(C#N)(COc1ccc(C(N)=O)cc1C(F)(F)F)NC(=O)c1ccc(SC(F)(F)F)cc1. The Labute approximate surface area is 187 Å². The largest absolute Gasteiger partial charge is 0.489 e. The summed E-state index contributed by atoms with van der Waals surface area (Å²) in [5.41, 5.74) is -3.10. The fourth-order valence-corrected chi connectivity index (χ4v) is 3.02. The second-order valence-electron chi connectivity index (χ2n) is 6.83. The molecule has 0 heterocycles. The van der Waals surface area contributed by atoms with Crippen LogP contribution in [0.2, 0.25) is 0 Å². The lowest BCUT2D eigenvalue weighted by molar-refractivity contribution is -0.139. The van der Waals surface area contributed by atoms with Crippen molar-refractivity contribution in [1.82, 2.24) is 5.32 Å². The molecule has 2 aromatic rings. The minimum atomic E-state index is -4.90. The van der Waals surface area contributed by atoms with E-state index in [1.807, 2.05) is 0 Å². The van der Waals surface area contributed by atoms with Gasteiger partial charge in [0.1, 0.15) is 12.4 Å². The maximum atomic E-state index is 13.3. The average molecular weight is 491 g/mol. The molecule has 13 heteroatoms. The van der Waals surface area contributed by atoms with E-state index in [0.29, 0.717) is 6.07 Å². The van der Waals surface area contributed by atoms with Crippen molar-refractivity contribution in [3.05, 3.63) is 59.2 Å². The fourth-order valence-electron chi connectivity index (χ4n) is 2.48. The van der Waals surface area contributed by atoms with Gasteiger partial charge in [0.15, 0.2) is 5.54 Å². The van der Waals surface area contributed by atoms with Gasteiger partial charge in [-0.1, -0.05) is 0 Å². The number of nitrogens with one attached hydrogen (secondary N) is 1. The summed E-state index contributed by atoms with van der Waals surface area (Å²) >= 11 is -0.374. The number of carbonyl (C=O) groups excluding carboxylic acids is 2. The summed E-state index contributed by atoms with van der Waals surface area (Å²) in [6.07, 6.45) is -4.90. The van der Waals surface area contributed by atoms with Crippen molar-refractivity contribution in [2.24, 2.45) is 5.73 Å². The van der Waals surface area contributed by atoms with Crippen LogP contribution in [0.15, 0.2) is 47.4 Å². The molecule has 2 amide bonds. The van der Waals surface area contributed by atoms with Crippen LogP contribution in [0.4, 0.5) is 26.3 Å². The topological polar surface area (TPSA) is 105 Å². The molecule has 0 aliphatic heterocycles. The summed E-state index contributed by atoms with van der Waals surface area (Å²) < 4.78 is 82.3. The van der Waals surface area contributed by atoms with E-state index in [2.05, 4.69) is 5.32 Å². The Morgan fingerprint density at radius 2 is 1.64 bits per heavy atom. The molecule has 2 rings (SSSR count). The van der Waals surface area contributed by atoms with Gasteiger partial charge in [-0.3, -0.25) is 9.59 Å². The summed E-state index contributed by atoms with van der Waals surface area (Å²) in [7, 11) is 0. The second kappa shape index (κ2) is 9.62. The van der Waals surface area contributed by atoms with E-state index in [0.717, 1.165) is 36.4 Å². The standard InChI is InChI=1S/C20H15F6N3O3S/c1-18(9-27,29-17(31)11-2-5-13(6-3-11)33-20(24,25)26)10-32-15-7-4-12(16(28)30)8-14(15)19(21,22)23/h2-8H,10H2,1H3,(H2,28,30)(H,29,31). The van der Waals surface area contributed by atoms with Crippen molar-refractivity contribution in [2.75, 3.05) is 6.61 Å². The molecule has 33 heavy (non-hydrogen) atoms. The lowest BCUT2D eigenvalue weighted by Gasteiger charge is -2.24. The molecule has 3 N–H and O–H groups in total. The number of hydrogen-bond acceptors (Lipinski definition) is 5. The molecule has 0 aliphatic carbocycles. The number of primary amides is 1. The number of hydrogen-bond donors (Lipinski definition) is 2. The van der Waals surface area contributed by atoms with E-state index in [1.165, 1.54) is 6.92 Å². The molecule has 0 fully saturated rings. The van der Waals surface area contributed by atoms with E-state index >= 15 is 0 Å². The predicted molar refractivity (Wildman–Crippen MR) is 105 cm³/mol. The van der Waals surface area contributed by atoms with Crippen LogP contribution in [-0.2, 0) is 6.18 Å². The molecule has 0 aromatic heterocycles. The van der Waals surface area contributed by atoms with Crippen LogP contribution in [-0.4, -0.2) is 29.5 Å². The van der Waals surface area contributed by atoms with Gasteiger partial charge >= 0.3 is 11.7 Å². The van der Waals surface area contributed by atoms with Crippen molar-refractivity contribution >= 4 is 23.6 Å².